The molecule has 12 heteroatoms. The molecule has 8 rings (SSSR count). The van der Waals surface area contributed by atoms with Gasteiger partial charge in [0.2, 0.25) is 0 Å². The summed E-state index contributed by atoms with van der Waals surface area (Å²) in [4.78, 5) is 79.5. The number of carbonyl (C=O) groups is 4. The van der Waals surface area contributed by atoms with Crippen LogP contribution in [0.3, 0.4) is 0 Å². The standard InChI is InChI=1S/C50H66N8O4/c1-31-21-27-55(43(59)45(61)57-47(3,4)23-11-24-48(57,5)6)39(31)41-51-29-37(53-41)35-17-13-33(14-18-35)34-15-19-36(20-16-34)38-30-52-42(54-38)40-32(2)22-28-56(40)44(60)46(62)58-49(7,8)25-12-26-50(58,9)10/h13-20,29-32,39-40H,11-12,21-28H2,1-10H3,(H,51,53)(H,52,54)/t31-,32-,39-,40-/m0/s1. The Morgan fingerprint density at radius 3 is 1.13 bits per heavy atom. The van der Waals surface area contributed by atoms with Crippen molar-refractivity contribution in [2.75, 3.05) is 13.1 Å². The SMILES string of the molecule is C[C@H]1CCN(C(=O)C(=O)N2C(C)(C)CCCC2(C)C)[C@@H]1c1ncc(-c2ccc(-c3ccc(-c4cnc([C@@H]5[C@@H](C)CCN5C(=O)C(=O)N5C(C)(C)CCCC5(C)C)[nH]4)cc3)cc2)[nH]1. The Balaban J connectivity index is 0.937. The summed E-state index contributed by atoms with van der Waals surface area (Å²) in [6.07, 6.45) is 10.8. The van der Waals surface area contributed by atoms with Gasteiger partial charge in [-0.25, -0.2) is 9.97 Å². The molecule has 4 saturated heterocycles. The Morgan fingerprint density at radius 2 is 0.806 bits per heavy atom. The van der Waals surface area contributed by atoms with Crippen molar-refractivity contribution in [3.63, 3.8) is 0 Å². The van der Waals surface area contributed by atoms with Crippen LogP contribution in [0.1, 0.15) is 144 Å². The monoisotopic (exact) mass is 843 g/mol. The van der Waals surface area contributed by atoms with Crippen LogP contribution in [0.2, 0.25) is 0 Å². The Labute approximate surface area is 367 Å². The van der Waals surface area contributed by atoms with Crippen LogP contribution in [0.5, 0.6) is 0 Å². The quantitative estimate of drug-likeness (QED) is 0.192. The maximum atomic E-state index is 14.0. The Bertz CT molecular complexity index is 2140. The number of hydrogen-bond acceptors (Lipinski definition) is 6. The molecule has 0 spiro atoms. The van der Waals surface area contributed by atoms with Crippen LogP contribution in [0, 0.1) is 11.8 Å². The maximum absolute atomic E-state index is 14.0. The van der Waals surface area contributed by atoms with Crippen molar-refractivity contribution in [3.05, 3.63) is 72.6 Å². The van der Waals surface area contributed by atoms with Crippen LogP contribution < -0.4 is 0 Å². The van der Waals surface area contributed by atoms with E-state index >= 15 is 0 Å². The molecule has 2 N–H and O–H groups in total. The number of nitrogens with one attached hydrogen (secondary N) is 2. The van der Waals surface area contributed by atoms with Crippen molar-refractivity contribution in [2.45, 2.75) is 155 Å². The predicted molar refractivity (Wildman–Crippen MR) is 241 cm³/mol. The van der Waals surface area contributed by atoms with Crippen LogP contribution in [0.4, 0.5) is 0 Å². The van der Waals surface area contributed by atoms with Crippen molar-refractivity contribution in [3.8, 4) is 33.6 Å². The van der Waals surface area contributed by atoms with Gasteiger partial charge >= 0.3 is 23.6 Å². The molecule has 0 radical (unpaired) electrons. The van der Waals surface area contributed by atoms with Crippen LogP contribution in [-0.2, 0) is 19.2 Å². The fourth-order valence-electron chi connectivity index (χ4n) is 11.7. The molecule has 4 aliphatic rings. The molecule has 6 heterocycles. The summed E-state index contributed by atoms with van der Waals surface area (Å²) < 4.78 is 0. The molecule has 4 amide bonds. The first-order valence-electron chi connectivity index (χ1n) is 22.8. The summed E-state index contributed by atoms with van der Waals surface area (Å²) in [7, 11) is 0. The number of nitrogens with zero attached hydrogens (tertiary/aromatic N) is 6. The number of piperidine rings is 2. The van der Waals surface area contributed by atoms with Crippen LogP contribution >= 0.6 is 0 Å². The lowest BCUT2D eigenvalue weighted by Gasteiger charge is -2.52. The second kappa shape index (κ2) is 15.8. The Kier molecular flexibility index (Phi) is 11.1. The Hall–Kier alpha value is -5.26. The number of likely N-dealkylation sites (tertiary alicyclic amines) is 4. The summed E-state index contributed by atoms with van der Waals surface area (Å²) in [5, 5.41) is 0. The van der Waals surface area contributed by atoms with E-state index in [1.807, 2.05) is 22.2 Å². The van der Waals surface area contributed by atoms with Gasteiger partial charge in [-0.15, -0.1) is 0 Å². The third kappa shape index (κ3) is 7.76. The minimum Gasteiger partial charge on any atom is -0.340 e. The second-order valence-electron chi connectivity index (χ2n) is 21.2. The summed E-state index contributed by atoms with van der Waals surface area (Å²) in [5.74, 6) is -0.0262. The summed E-state index contributed by atoms with van der Waals surface area (Å²) >= 11 is 0. The van der Waals surface area contributed by atoms with Gasteiger partial charge in [-0.1, -0.05) is 62.4 Å². The molecule has 12 nitrogen and oxygen atoms in total. The number of aromatic amines is 2. The van der Waals surface area contributed by atoms with Gasteiger partial charge in [0.15, 0.2) is 0 Å². The van der Waals surface area contributed by atoms with Crippen LogP contribution in [-0.4, -0.2) is 98.4 Å². The smallest absolute Gasteiger partial charge is 0.313 e. The van der Waals surface area contributed by atoms with E-state index in [0.717, 1.165) is 85.0 Å². The van der Waals surface area contributed by atoms with Crippen molar-refractivity contribution >= 4 is 23.6 Å². The zero-order chi connectivity index (χ0) is 44.5. The van der Waals surface area contributed by atoms with E-state index < -0.39 is 45.8 Å². The van der Waals surface area contributed by atoms with Crippen LogP contribution in [0.25, 0.3) is 33.6 Å². The number of H-pyrrole nitrogens is 2. The molecule has 4 aromatic rings. The molecule has 62 heavy (non-hydrogen) atoms. The van der Waals surface area contributed by atoms with Gasteiger partial charge in [0, 0.05) is 35.2 Å². The Morgan fingerprint density at radius 1 is 0.500 bits per heavy atom. The number of amides is 4. The molecule has 0 unspecified atom stereocenters. The third-order valence-corrected chi connectivity index (χ3v) is 14.7. The zero-order valence-corrected chi connectivity index (χ0v) is 38.5. The zero-order valence-electron chi connectivity index (χ0n) is 38.5. The predicted octanol–water partition coefficient (Wildman–Crippen LogP) is 9.09. The first-order chi connectivity index (χ1) is 29.2. The van der Waals surface area contributed by atoms with E-state index in [-0.39, 0.29) is 23.9 Å². The van der Waals surface area contributed by atoms with E-state index in [1.54, 1.807) is 9.80 Å². The van der Waals surface area contributed by atoms with Crippen LogP contribution in [0.15, 0.2) is 60.9 Å². The van der Waals surface area contributed by atoms with Crippen molar-refractivity contribution in [2.24, 2.45) is 11.8 Å². The van der Waals surface area contributed by atoms with Crippen molar-refractivity contribution < 1.29 is 19.2 Å². The highest BCUT2D eigenvalue weighted by Crippen LogP contribution is 2.43. The lowest BCUT2D eigenvalue weighted by molar-refractivity contribution is -0.164. The number of benzene rings is 2. The molecule has 0 aliphatic carbocycles. The van der Waals surface area contributed by atoms with Gasteiger partial charge < -0.3 is 29.6 Å². The first kappa shape index (κ1) is 43.4. The fourth-order valence-corrected chi connectivity index (χ4v) is 11.7. The van der Waals surface area contributed by atoms with E-state index in [2.05, 4.69) is 128 Å². The molecule has 2 aromatic carbocycles. The van der Waals surface area contributed by atoms with Gasteiger partial charge in [-0.3, -0.25) is 19.2 Å². The average molecular weight is 843 g/mol. The van der Waals surface area contributed by atoms with Gasteiger partial charge in [0.1, 0.15) is 11.6 Å². The number of aromatic nitrogens is 4. The number of carbonyl (C=O) groups excluding carboxylic acids is 4. The lowest BCUT2D eigenvalue weighted by Crippen LogP contribution is -2.64. The molecule has 4 fully saturated rings. The van der Waals surface area contributed by atoms with Gasteiger partial charge in [-0.05, 0) is 141 Å². The molecule has 330 valence electrons. The molecular weight excluding hydrogens is 777 g/mol. The topological polar surface area (TPSA) is 139 Å². The summed E-state index contributed by atoms with van der Waals surface area (Å²) in [6.45, 7) is 21.8. The van der Waals surface area contributed by atoms with E-state index in [0.29, 0.717) is 24.7 Å². The highest BCUT2D eigenvalue weighted by molar-refractivity contribution is 6.36. The largest absolute Gasteiger partial charge is 0.340 e. The minimum atomic E-state index is -0.444. The molecule has 2 aromatic heterocycles. The van der Waals surface area contributed by atoms with Crippen molar-refractivity contribution in [1.29, 1.82) is 0 Å². The molecular formula is C50H66N8O4. The highest BCUT2D eigenvalue weighted by atomic mass is 16.2. The highest BCUT2D eigenvalue weighted by Gasteiger charge is 2.51. The van der Waals surface area contributed by atoms with Gasteiger partial charge in [0.25, 0.3) is 0 Å². The maximum Gasteiger partial charge on any atom is 0.313 e. The summed E-state index contributed by atoms with van der Waals surface area (Å²) in [5.41, 5.74) is 4.22. The summed E-state index contributed by atoms with van der Waals surface area (Å²) in [6, 6.07) is 16.0. The average Bonchev–Trinajstić information content (AvgIpc) is 4.03. The number of rotatable bonds is 5. The number of imidazole rings is 2. The third-order valence-electron chi connectivity index (χ3n) is 14.7. The first-order valence-corrected chi connectivity index (χ1v) is 22.8. The van der Waals surface area contributed by atoms with Crippen molar-refractivity contribution in [1.82, 2.24) is 39.5 Å². The lowest BCUT2D eigenvalue weighted by atomic mass is 9.79. The molecule has 0 bridgehead atoms. The molecule has 4 atom stereocenters. The van der Waals surface area contributed by atoms with Gasteiger partial charge in [-0.2, -0.15) is 0 Å². The molecule has 0 saturated carbocycles. The molecule has 4 aliphatic heterocycles. The van der Waals surface area contributed by atoms with E-state index in [4.69, 9.17) is 9.97 Å². The normalized spacial score (nSPS) is 25.3. The fraction of sp³-hybridized carbons (Fsp3) is 0.560. The second-order valence-corrected chi connectivity index (χ2v) is 21.2. The van der Waals surface area contributed by atoms with E-state index in [1.165, 1.54) is 0 Å². The number of hydrogen-bond donors (Lipinski definition) is 2. The minimum absolute atomic E-state index is 0.151. The van der Waals surface area contributed by atoms with E-state index in [9.17, 15) is 19.2 Å². The van der Waals surface area contributed by atoms with Gasteiger partial charge in [0.05, 0.1) is 35.9 Å².